The lowest BCUT2D eigenvalue weighted by atomic mass is 10.0. The van der Waals surface area contributed by atoms with E-state index in [0.717, 1.165) is 53.7 Å². The van der Waals surface area contributed by atoms with E-state index in [4.69, 9.17) is 4.74 Å². The van der Waals surface area contributed by atoms with Crippen molar-refractivity contribution in [3.8, 4) is 0 Å². The second kappa shape index (κ2) is 9.70. The molecule has 174 valence electrons. The van der Waals surface area contributed by atoms with Crippen LogP contribution in [0.5, 0.6) is 0 Å². The van der Waals surface area contributed by atoms with E-state index >= 15 is 0 Å². The number of hydrogen-bond donors (Lipinski definition) is 2. The Morgan fingerprint density at radius 1 is 1.24 bits per heavy atom. The smallest absolute Gasteiger partial charge is 0.259 e. The van der Waals surface area contributed by atoms with Gasteiger partial charge in [0.25, 0.3) is 5.56 Å². The molecule has 1 aliphatic carbocycles. The molecule has 1 fully saturated rings. The topological polar surface area (TPSA) is 87.3 Å². The number of morpholine rings is 1. The van der Waals surface area contributed by atoms with Crippen molar-refractivity contribution in [2.45, 2.75) is 38.1 Å². The molecule has 1 amide bonds. The molecule has 1 unspecified atom stereocenters. The summed E-state index contributed by atoms with van der Waals surface area (Å²) in [5, 5.41) is 3.74. The Morgan fingerprint density at radius 2 is 2.03 bits per heavy atom. The highest BCUT2D eigenvalue weighted by molar-refractivity contribution is 7.18. The fourth-order valence-corrected chi connectivity index (χ4v) is 6.01. The lowest BCUT2D eigenvalue weighted by Crippen LogP contribution is -2.43. The van der Waals surface area contributed by atoms with Gasteiger partial charge in [0.1, 0.15) is 16.5 Å². The molecule has 3 aromatic rings. The number of aromatic amines is 1. The van der Waals surface area contributed by atoms with Gasteiger partial charge in [0.05, 0.1) is 24.6 Å². The van der Waals surface area contributed by atoms with Crippen LogP contribution in [0, 0.1) is 5.82 Å². The molecule has 2 aliphatic rings. The summed E-state index contributed by atoms with van der Waals surface area (Å²) >= 11 is 1.60. The monoisotopic (exact) mass is 470 g/mol. The van der Waals surface area contributed by atoms with Crippen LogP contribution in [0.2, 0.25) is 0 Å². The Hall–Kier alpha value is -2.62. The molecule has 2 N–H and O–H groups in total. The average molecular weight is 471 g/mol. The van der Waals surface area contributed by atoms with Crippen molar-refractivity contribution in [2.75, 3.05) is 32.8 Å². The van der Waals surface area contributed by atoms with Crippen molar-refractivity contribution in [3.05, 3.63) is 62.3 Å². The predicted octanol–water partition coefficient (Wildman–Crippen LogP) is 2.73. The first-order valence-corrected chi connectivity index (χ1v) is 12.3. The van der Waals surface area contributed by atoms with Crippen molar-refractivity contribution in [2.24, 2.45) is 0 Å². The number of rotatable bonds is 7. The SMILES string of the molecule is O=C(CCc1nc2sc3c(c2c(=O)[nH]1)CCC3)NCC(c1ccc(F)cc1)N1CCOCC1. The van der Waals surface area contributed by atoms with Crippen molar-refractivity contribution >= 4 is 27.5 Å². The van der Waals surface area contributed by atoms with E-state index in [0.29, 0.717) is 32.0 Å². The van der Waals surface area contributed by atoms with Gasteiger partial charge in [0.15, 0.2) is 0 Å². The molecule has 3 heterocycles. The summed E-state index contributed by atoms with van der Waals surface area (Å²) in [6, 6.07) is 6.38. The second-order valence-electron chi connectivity index (χ2n) is 8.57. The standard InChI is InChI=1S/C24H27FN4O3S/c25-16-6-4-15(5-7-16)18(29-10-12-32-13-11-29)14-26-21(30)9-8-20-27-23(31)22-17-2-1-3-19(17)33-24(22)28-20/h4-7,18H,1-3,8-14H2,(H,26,30)(H,27,28,31). The molecule has 0 radical (unpaired) electrons. The summed E-state index contributed by atoms with van der Waals surface area (Å²) in [6.45, 7) is 3.21. The molecule has 1 saturated heterocycles. The van der Waals surface area contributed by atoms with Crippen molar-refractivity contribution in [1.82, 2.24) is 20.2 Å². The van der Waals surface area contributed by atoms with Crippen LogP contribution in [-0.2, 0) is 28.8 Å². The summed E-state index contributed by atoms with van der Waals surface area (Å²) in [4.78, 5) is 37.0. The zero-order valence-electron chi connectivity index (χ0n) is 18.4. The molecule has 9 heteroatoms. The van der Waals surface area contributed by atoms with E-state index in [9.17, 15) is 14.0 Å². The second-order valence-corrected chi connectivity index (χ2v) is 9.65. The molecule has 7 nitrogen and oxygen atoms in total. The van der Waals surface area contributed by atoms with Crippen LogP contribution >= 0.6 is 11.3 Å². The van der Waals surface area contributed by atoms with Gasteiger partial charge in [-0.25, -0.2) is 9.37 Å². The molecule has 1 aromatic carbocycles. The Labute approximate surface area is 195 Å². The number of halogens is 1. The number of hydrogen-bond acceptors (Lipinski definition) is 6. The van der Waals surface area contributed by atoms with Crippen LogP contribution in [0.25, 0.3) is 10.2 Å². The fraction of sp³-hybridized carbons (Fsp3) is 0.458. The van der Waals surface area contributed by atoms with Gasteiger partial charge in [-0.1, -0.05) is 12.1 Å². The van der Waals surface area contributed by atoms with Crippen LogP contribution in [0.15, 0.2) is 29.1 Å². The first kappa shape index (κ1) is 22.2. The number of carbonyl (C=O) groups is 1. The molecule has 33 heavy (non-hydrogen) atoms. The van der Waals surface area contributed by atoms with Crippen molar-refractivity contribution in [3.63, 3.8) is 0 Å². The van der Waals surface area contributed by atoms with E-state index in [-0.39, 0.29) is 29.7 Å². The summed E-state index contributed by atoms with van der Waals surface area (Å²) < 4.78 is 18.9. The van der Waals surface area contributed by atoms with Gasteiger partial charge in [0.2, 0.25) is 5.91 Å². The highest BCUT2D eigenvalue weighted by atomic mass is 32.1. The maximum Gasteiger partial charge on any atom is 0.259 e. The molecule has 1 aliphatic heterocycles. The van der Waals surface area contributed by atoms with E-state index < -0.39 is 0 Å². The van der Waals surface area contributed by atoms with Gasteiger partial charge < -0.3 is 15.0 Å². The number of aryl methyl sites for hydroxylation is 3. The number of fused-ring (bicyclic) bond motifs is 3. The van der Waals surface area contributed by atoms with Gasteiger partial charge in [-0.3, -0.25) is 14.5 Å². The number of thiophene rings is 1. The number of nitrogens with one attached hydrogen (secondary N) is 2. The molecule has 5 rings (SSSR count). The summed E-state index contributed by atoms with van der Waals surface area (Å²) in [5.74, 6) is 0.163. The lowest BCUT2D eigenvalue weighted by Gasteiger charge is -2.35. The molecule has 0 saturated carbocycles. The number of amides is 1. The van der Waals surface area contributed by atoms with Gasteiger partial charge in [-0.2, -0.15) is 0 Å². The summed E-state index contributed by atoms with van der Waals surface area (Å²) in [6.07, 6.45) is 3.67. The van der Waals surface area contributed by atoms with Gasteiger partial charge >= 0.3 is 0 Å². The minimum Gasteiger partial charge on any atom is -0.379 e. The van der Waals surface area contributed by atoms with Crippen LogP contribution in [0.4, 0.5) is 4.39 Å². The molecular weight excluding hydrogens is 443 g/mol. The number of aromatic nitrogens is 2. The fourth-order valence-electron chi connectivity index (χ4n) is 4.73. The Balaban J connectivity index is 1.22. The predicted molar refractivity (Wildman–Crippen MR) is 125 cm³/mol. The average Bonchev–Trinajstić information content (AvgIpc) is 3.41. The third-order valence-corrected chi connectivity index (χ3v) is 7.63. The highest BCUT2D eigenvalue weighted by Crippen LogP contribution is 2.34. The zero-order valence-corrected chi connectivity index (χ0v) is 19.2. The summed E-state index contributed by atoms with van der Waals surface area (Å²) in [7, 11) is 0. The van der Waals surface area contributed by atoms with Crippen LogP contribution < -0.4 is 10.9 Å². The maximum absolute atomic E-state index is 13.4. The first-order chi connectivity index (χ1) is 16.1. The van der Waals surface area contributed by atoms with E-state index in [1.165, 1.54) is 17.0 Å². The largest absolute Gasteiger partial charge is 0.379 e. The maximum atomic E-state index is 13.4. The molecule has 2 aromatic heterocycles. The number of nitrogens with zero attached hydrogens (tertiary/aromatic N) is 2. The summed E-state index contributed by atoms with van der Waals surface area (Å²) in [5.41, 5.74) is 2.02. The van der Waals surface area contributed by atoms with Gasteiger partial charge in [0, 0.05) is 37.4 Å². The lowest BCUT2D eigenvalue weighted by molar-refractivity contribution is -0.121. The van der Waals surface area contributed by atoms with Crippen LogP contribution in [0.3, 0.4) is 0 Å². The first-order valence-electron chi connectivity index (χ1n) is 11.5. The molecule has 0 spiro atoms. The van der Waals surface area contributed by atoms with Crippen LogP contribution in [-0.4, -0.2) is 53.6 Å². The number of H-pyrrole nitrogens is 1. The molecule has 0 bridgehead atoms. The highest BCUT2D eigenvalue weighted by Gasteiger charge is 2.24. The third kappa shape index (κ3) is 4.85. The quantitative estimate of drug-likeness (QED) is 0.555. The number of benzene rings is 1. The minimum absolute atomic E-state index is 0.0544. The third-order valence-electron chi connectivity index (χ3n) is 6.45. The normalized spacial score (nSPS) is 17.2. The van der Waals surface area contributed by atoms with Gasteiger partial charge in [-0.05, 0) is 42.5 Å². The number of ether oxygens (including phenoxy) is 1. The zero-order chi connectivity index (χ0) is 22.8. The van der Waals surface area contributed by atoms with Gasteiger partial charge in [-0.15, -0.1) is 11.3 Å². The minimum atomic E-state index is -0.280. The van der Waals surface area contributed by atoms with E-state index in [2.05, 4.69) is 20.2 Å². The van der Waals surface area contributed by atoms with Crippen LogP contribution in [0.1, 0.15) is 40.7 Å². The van der Waals surface area contributed by atoms with Crippen molar-refractivity contribution < 1.29 is 13.9 Å². The number of carbonyl (C=O) groups excluding carboxylic acids is 1. The van der Waals surface area contributed by atoms with E-state index in [1.54, 1.807) is 23.5 Å². The molecular formula is C24H27FN4O3S. The van der Waals surface area contributed by atoms with E-state index in [1.807, 2.05) is 0 Å². The Bertz CT molecular complexity index is 1200. The molecule has 1 atom stereocenters. The Kier molecular flexibility index (Phi) is 6.52. The Morgan fingerprint density at radius 3 is 2.82 bits per heavy atom. The van der Waals surface area contributed by atoms with Crippen molar-refractivity contribution in [1.29, 1.82) is 0 Å².